The zero-order valence-electron chi connectivity index (χ0n) is 3.92. The Balaban J connectivity index is -0.0000000150. The Bertz CT molecular complexity index is 37.9. The van der Waals surface area contributed by atoms with E-state index in [1.54, 1.807) is 0 Å². The summed E-state index contributed by atoms with van der Waals surface area (Å²) >= 11 is 0. The first-order chi connectivity index (χ1) is 1.73. The minimum atomic E-state index is -1.83. The summed E-state index contributed by atoms with van der Waals surface area (Å²) in [6.07, 6.45) is -1.83. The Hall–Kier alpha value is 1.16. The van der Waals surface area contributed by atoms with Crippen molar-refractivity contribution >= 4 is 18.6 Å². The molecule has 6 heteroatoms. The van der Waals surface area contributed by atoms with Gasteiger partial charge in [0.05, 0.1) is 0 Å². The molecule has 0 unspecified atom stereocenters. The molecular formula is CH6ClKNO3+. The van der Waals surface area contributed by atoms with Crippen molar-refractivity contribution in [1.82, 2.24) is 6.15 Å². The summed E-state index contributed by atoms with van der Waals surface area (Å²) in [6, 6.07) is 0. The molecule has 0 aliphatic carbocycles. The van der Waals surface area contributed by atoms with Crippen LogP contribution in [0.4, 0.5) is 4.79 Å². The van der Waals surface area contributed by atoms with Crippen molar-refractivity contribution in [3.05, 3.63) is 0 Å². The SMILES string of the molecule is Cl.N.O=C(O)O.[K+]. The van der Waals surface area contributed by atoms with Crippen molar-refractivity contribution in [2.24, 2.45) is 0 Å². The Morgan fingerprint density at radius 1 is 1.29 bits per heavy atom. The van der Waals surface area contributed by atoms with E-state index in [-0.39, 0.29) is 69.9 Å². The molecule has 0 aromatic rings. The molecule has 0 aromatic heterocycles. The van der Waals surface area contributed by atoms with Crippen LogP contribution in [0.5, 0.6) is 0 Å². The quantitative estimate of drug-likeness (QED) is 0.346. The van der Waals surface area contributed by atoms with E-state index >= 15 is 0 Å². The van der Waals surface area contributed by atoms with Crippen LogP contribution in [-0.4, -0.2) is 16.4 Å². The van der Waals surface area contributed by atoms with E-state index in [0.717, 1.165) is 0 Å². The molecule has 0 spiro atoms. The summed E-state index contributed by atoms with van der Waals surface area (Å²) in [4.78, 5) is 8.56. The van der Waals surface area contributed by atoms with E-state index in [2.05, 4.69) is 0 Å². The van der Waals surface area contributed by atoms with Crippen LogP contribution in [0, 0.1) is 0 Å². The third-order valence-electron chi connectivity index (χ3n) is 0. The van der Waals surface area contributed by atoms with Gasteiger partial charge in [-0.25, -0.2) is 4.79 Å². The standard InChI is InChI=1S/CH2O3.ClH.K.H3N/c2-1(3)4;;;/h(H2,2,3,4);1H;;1H3/q;;+1;. The fraction of sp³-hybridized carbons (Fsp3) is 0. The van der Waals surface area contributed by atoms with Crippen molar-refractivity contribution in [2.45, 2.75) is 0 Å². The second kappa shape index (κ2) is 15.7. The van der Waals surface area contributed by atoms with Crippen molar-refractivity contribution < 1.29 is 66.4 Å². The Labute approximate surface area is 89.7 Å². The number of halogens is 1. The fourth-order valence-electron chi connectivity index (χ4n) is 0. The van der Waals surface area contributed by atoms with Gasteiger partial charge in [-0.2, -0.15) is 0 Å². The molecule has 0 atom stereocenters. The Kier molecular flexibility index (Phi) is 54.2. The molecule has 0 saturated heterocycles. The molecule has 5 N–H and O–H groups in total. The third kappa shape index (κ3) is 142. The zero-order valence-corrected chi connectivity index (χ0v) is 7.86. The minimum absolute atomic E-state index is 0. The number of carbonyl (C=O) groups is 1. The first-order valence-electron chi connectivity index (χ1n) is 0.651. The molecule has 0 aliphatic heterocycles. The molecule has 0 aliphatic rings. The summed E-state index contributed by atoms with van der Waals surface area (Å²) in [5.74, 6) is 0. The van der Waals surface area contributed by atoms with Crippen molar-refractivity contribution in [3.8, 4) is 0 Å². The molecule has 0 fully saturated rings. The van der Waals surface area contributed by atoms with Crippen LogP contribution in [0.1, 0.15) is 0 Å². The molecule has 0 bridgehead atoms. The van der Waals surface area contributed by atoms with Crippen LogP contribution in [0.3, 0.4) is 0 Å². The monoisotopic (exact) mass is 154 g/mol. The summed E-state index contributed by atoms with van der Waals surface area (Å²) in [5.41, 5.74) is 0. The van der Waals surface area contributed by atoms with Gasteiger partial charge in [0, 0.05) is 0 Å². The van der Waals surface area contributed by atoms with Gasteiger partial charge in [0.15, 0.2) is 0 Å². The summed E-state index contributed by atoms with van der Waals surface area (Å²) in [6.45, 7) is 0. The minimum Gasteiger partial charge on any atom is -0.450 e. The maximum Gasteiger partial charge on any atom is 1.00 e. The van der Waals surface area contributed by atoms with Crippen LogP contribution in [0.25, 0.3) is 0 Å². The molecule has 0 radical (unpaired) electrons. The second-order valence-corrected chi connectivity index (χ2v) is 0.283. The van der Waals surface area contributed by atoms with Crippen molar-refractivity contribution in [1.29, 1.82) is 0 Å². The summed E-state index contributed by atoms with van der Waals surface area (Å²) < 4.78 is 0. The molecule has 7 heavy (non-hydrogen) atoms. The van der Waals surface area contributed by atoms with Gasteiger partial charge < -0.3 is 16.4 Å². The van der Waals surface area contributed by atoms with Gasteiger partial charge >= 0.3 is 57.5 Å². The number of hydrogen-bond acceptors (Lipinski definition) is 2. The average Bonchev–Trinajstić information content (AvgIpc) is 0.811. The van der Waals surface area contributed by atoms with Gasteiger partial charge in [-0.3, -0.25) is 0 Å². The molecule has 0 heterocycles. The van der Waals surface area contributed by atoms with Gasteiger partial charge in [0.25, 0.3) is 0 Å². The largest absolute Gasteiger partial charge is 1.00 e. The Morgan fingerprint density at radius 3 is 1.29 bits per heavy atom. The first kappa shape index (κ1) is 24.2. The summed E-state index contributed by atoms with van der Waals surface area (Å²) in [7, 11) is 0. The normalized spacial score (nSPS) is 3.43. The van der Waals surface area contributed by atoms with E-state index in [4.69, 9.17) is 15.0 Å². The molecule has 40 valence electrons. The average molecular weight is 155 g/mol. The molecule has 0 saturated carbocycles. The predicted molar refractivity (Wildman–Crippen MR) is 22.9 cm³/mol. The van der Waals surface area contributed by atoms with E-state index in [0.29, 0.717) is 0 Å². The van der Waals surface area contributed by atoms with Gasteiger partial charge in [0.1, 0.15) is 0 Å². The van der Waals surface area contributed by atoms with E-state index in [9.17, 15) is 0 Å². The maximum absolute atomic E-state index is 8.56. The molecular weight excluding hydrogens is 149 g/mol. The molecule has 0 rings (SSSR count). The number of hydrogen-bond donors (Lipinski definition) is 3. The topological polar surface area (TPSA) is 92.5 Å². The first-order valence-corrected chi connectivity index (χ1v) is 0.651. The van der Waals surface area contributed by atoms with Gasteiger partial charge in [-0.1, -0.05) is 0 Å². The van der Waals surface area contributed by atoms with Crippen LogP contribution >= 0.6 is 12.4 Å². The second-order valence-electron chi connectivity index (χ2n) is 0.283. The smallest absolute Gasteiger partial charge is 0.450 e. The third-order valence-corrected chi connectivity index (χ3v) is 0. The molecule has 4 nitrogen and oxygen atoms in total. The van der Waals surface area contributed by atoms with Crippen molar-refractivity contribution in [3.63, 3.8) is 0 Å². The van der Waals surface area contributed by atoms with Crippen LogP contribution in [-0.2, 0) is 0 Å². The zero-order chi connectivity index (χ0) is 3.58. The predicted octanol–water partition coefficient (Wildman–Crippen LogP) is -2.19. The maximum atomic E-state index is 8.56. The molecule has 0 aromatic carbocycles. The van der Waals surface area contributed by atoms with Gasteiger partial charge in [0.2, 0.25) is 0 Å². The fourth-order valence-corrected chi connectivity index (χ4v) is 0. The van der Waals surface area contributed by atoms with Crippen molar-refractivity contribution in [2.75, 3.05) is 0 Å². The summed E-state index contributed by atoms with van der Waals surface area (Å²) in [5, 5.41) is 13.9. The van der Waals surface area contributed by atoms with Gasteiger partial charge in [-0.05, 0) is 0 Å². The molecule has 0 amide bonds. The van der Waals surface area contributed by atoms with Gasteiger partial charge in [-0.15, -0.1) is 12.4 Å². The van der Waals surface area contributed by atoms with E-state index in [1.165, 1.54) is 0 Å². The van der Waals surface area contributed by atoms with Crippen LogP contribution in [0.15, 0.2) is 0 Å². The van der Waals surface area contributed by atoms with Crippen LogP contribution in [0.2, 0.25) is 0 Å². The number of carboxylic acid groups (broad SMARTS) is 2. The number of rotatable bonds is 0. The van der Waals surface area contributed by atoms with E-state index < -0.39 is 6.16 Å². The van der Waals surface area contributed by atoms with E-state index in [1.807, 2.05) is 0 Å². The Morgan fingerprint density at radius 2 is 1.29 bits per heavy atom. The van der Waals surface area contributed by atoms with Crippen LogP contribution < -0.4 is 57.5 Å².